The Hall–Kier alpha value is -0.480. The number of rotatable bonds is 4. The predicted molar refractivity (Wildman–Crippen MR) is 78.0 cm³/mol. The number of halogens is 2. The molecule has 1 aliphatic rings. The van der Waals surface area contributed by atoms with Crippen LogP contribution in [-0.4, -0.2) is 38.2 Å². The lowest BCUT2D eigenvalue weighted by Gasteiger charge is -2.18. The second-order valence-electron chi connectivity index (χ2n) is 4.47. The normalized spacial score (nSPS) is 19.6. The van der Waals surface area contributed by atoms with Crippen molar-refractivity contribution in [3.8, 4) is 5.75 Å². The number of methoxy groups -OCH3 is 1. The van der Waals surface area contributed by atoms with Crippen LogP contribution < -0.4 is 10.1 Å². The fourth-order valence-electron chi connectivity index (χ4n) is 2.32. The highest BCUT2D eigenvalue weighted by Crippen LogP contribution is 2.25. The first-order valence-electron chi connectivity index (χ1n) is 5.95. The molecule has 0 saturated carbocycles. The van der Waals surface area contributed by atoms with Crippen LogP contribution in [0.5, 0.6) is 5.75 Å². The summed E-state index contributed by atoms with van der Waals surface area (Å²) in [4.78, 5) is 2.43. The Kier molecular flexibility index (Phi) is 6.22. The molecule has 1 aromatic rings. The molecule has 102 valence electrons. The van der Waals surface area contributed by atoms with E-state index in [1.165, 1.54) is 6.42 Å². The molecule has 0 spiro atoms. The van der Waals surface area contributed by atoms with Crippen molar-refractivity contribution in [1.82, 2.24) is 10.2 Å². The summed E-state index contributed by atoms with van der Waals surface area (Å²) in [6.45, 7) is 3.12. The summed E-state index contributed by atoms with van der Waals surface area (Å²) in [7, 11) is 3.72. The van der Waals surface area contributed by atoms with E-state index >= 15 is 0 Å². The minimum atomic E-state index is 0. The predicted octanol–water partition coefficient (Wildman–Crippen LogP) is 2.56. The zero-order valence-corrected chi connectivity index (χ0v) is 12.4. The maximum atomic E-state index is 6.03. The van der Waals surface area contributed by atoms with Crippen molar-refractivity contribution in [1.29, 1.82) is 0 Å². The number of benzene rings is 1. The molecule has 1 fully saturated rings. The Balaban J connectivity index is 0.00000162. The fraction of sp³-hybridized carbons (Fsp3) is 0.538. The molecule has 0 amide bonds. The summed E-state index contributed by atoms with van der Waals surface area (Å²) in [6, 6.07) is 6.40. The summed E-state index contributed by atoms with van der Waals surface area (Å²) in [6.07, 6.45) is 1.21. The third-order valence-corrected chi connectivity index (χ3v) is 3.55. The van der Waals surface area contributed by atoms with Crippen LogP contribution in [0, 0.1) is 0 Å². The van der Waals surface area contributed by atoms with Crippen molar-refractivity contribution in [2.24, 2.45) is 0 Å². The number of nitrogens with one attached hydrogen (secondary N) is 1. The van der Waals surface area contributed by atoms with Gasteiger partial charge in [-0.1, -0.05) is 11.6 Å². The van der Waals surface area contributed by atoms with Gasteiger partial charge in [-0.25, -0.2) is 0 Å². The average Bonchev–Trinajstić information content (AvgIpc) is 2.77. The molecule has 1 N–H and O–H groups in total. The molecule has 1 heterocycles. The van der Waals surface area contributed by atoms with Crippen LogP contribution in [0.1, 0.15) is 12.0 Å². The maximum absolute atomic E-state index is 6.03. The molecule has 1 aliphatic heterocycles. The molecule has 1 saturated heterocycles. The van der Waals surface area contributed by atoms with Crippen LogP contribution in [0.25, 0.3) is 0 Å². The largest absolute Gasteiger partial charge is 0.496 e. The Morgan fingerprint density at radius 1 is 1.50 bits per heavy atom. The molecule has 0 radical (unpaired) electrons. The van der Waals surface area contributed by atoms with Gasteiger partial charge in [0, 0.05) is 36.3 Å². The van der Waals surface area contributed by atoms with Gasteiger partial charge in [0.2, 0.25) is 0 Å². The lowest BCUT2D eigenvalue weighted by atomic mass is 10.2. The smallest absolute Gasteiger partial charge is 0.123 e. The minimum absolute atomic E-state index is 0. The van der Waals surface area contributed by atoms with Gasteiger partial charge in [0.05, 0.1) is 7.11 Å². The van der Waals surface area contributed by atoms with E-state index in [2.05, 4.69) is 10.2 Å². The van der Waals surface area contributed by atoms with Gasteiger partial charge < -0.3 is 10.1 Å². The minimum Gasteiger partial charge on any atom is -0.496 e. The number of likely N-dealkylation sites (N-methyl/N-ethyl adjacent to an activating group) is 1. The topological polar surface area (TPSA) is 24.5 Å². The first-order valence-corrected chi connectivity index (χ1v) is 6.32. The Morgan fingerprint density at radius 3 is 2.89 bits per heavy atom. The monoisotopic (exact) mass is 290 g/mol. The standard InChI is InChI=1S/C13H19ClN2O.ClH/c1-15-12-5-6-16(9-12)8-10-7-11(14)3-4-13(10)17-2;/h3-4,7,12,15H,5-6,8-9H2,1-2H3;1H. The second-order valence-corrected chi connectivity index (χ2v) is 4.90. The quantitative estimate of drug-likeness (QED) is 0.922. The van der Waals surface area contributed by atoms with Gasteiger partial charge in [0.1, 0.15) is 5.75 Å². The van der Waals surface area contributed by atoms with E-state index in [4.69, 9.17) is 16.3 Å². The molecule has 0 aliphatic carbocycles. The van der Waals surface area contributed by atoms with E-state index in [1.807, 2.05) is 25.2 Å². The van der Waals surface area contributed by atoms with Crippen LogP contribution in [0.15, 0.2) is 18.2 Å². The fourth-order valence-corrected chi connectivity index (χ4v) is 2.52. The molecule has 1 unspecified atom stereocenters. The highest BCUT2D eigenvalue weighted by atomic mass is 35.5. The number of ether oxygens (including phenoxy) is 1. The van der Waals surface area contributed by atoms with Gasteiger partial charge in [-0.2, -0.15) is 0 Å². The molecule has 3 nitrogen and oxygen atoms in total. The van der Waals surface area contributed by atoms with E-state index in [0.29, 0.717) is 6.04 Å². The molecule has 1 aromatic carbocycles. The van der Waals surface area contributed by atoms with E-state index in [-0.39, 0.29) is 12.4 Å². The number of likely N-dealkylation sites (tertiary alicyclic amines) is 1. The van der Waals surface area contributed by atoms with Crippen LogP contribution in [0.3, 0.4) is 0 Å². The lowest BCUT2D eigenvalue weighted by molar-refractivity contribution is 0.313. The summed E-state index contributed by atoms with van der Waals surface area (Å²) < 4.78 is 5.36. The first-order chi connectivity index (χ1) is 8.22. The van der Waals surface area contributed by atoms with E-state index < -0.39 is 0 Å². The van der Waals surface area contributed by atoms with Crippen LogP contribution in [-0.2, 0) is 6.54 Å². The summed E-state index contributed by atoms with van der Waals surface area (Å²) in [5.41, 5.74) is 1.16. The van der Waals surface area contributed by atoms with Gasteiger partial charge in [-0.05, 0) is 31.7 Å². The summed E-state index contributed by atoms with van der Waals surface area (Å²) >= 11 is 6.03. The summed E-state index contributed by atoms with van der Waals surface area (Å²) in [5.74, 6) is 0.919. The van der Waals surface area contributed by atoms with Gasteiger partial charge in [0.15, 0.2) is 0 Å². The molecule has 2 rings (SSSR count). The third-order valence-electron chi connectivity index (χ3n) is 3.32. The van der Waals surface area contributed by atoms with Crippen molar-refractivity contribution in [2.45, 2.75) is 19.0 Å². The average molecular weight is 291 g/mol. The van der Waals surface area contributed by atoms with E-state index in [9.17, 15) is 0 Å². The summed E-state index contributed by atoms with van der Waals surface area (Å²) in [5, 5.41) is 4.09. The van der Waals surface area contributed by atoms with E-state index in [1.54, 1.807) is 7.11 Å². The van der Waals surface area contributed by atoms with Gasteiger partial charge in [-0.15, -0.1) is 12.4 Å². The molecular formula is C13H20Cl2N2O. The van der Waals surface area contributed by atoms with Gasteiger partial charge in [-0.3, -0.25) is 4.90 Å². The lowest BCUT2D eigenvalue weighted by Crippen LogP contribution is -2.29. The Labute approximate surface area is 120 Å². The highest BCUT2D eigenvalue weighted by Gasteiger charge is 2.21. The molecule has 0 aromatic heterocycles. The Morgan fingerprint density at radius 2 is 2.28 bits per heavy atom. The van der Waals surface area contributed by atoms with Gasteiger partial charge >= 0.3 is 0 Å². The van der Waals surface area contributed by atoms with Crippen molar-refractivity contribution in [2.75, 3.05) is 27.2 Å². The van der Waals surface area contributed by atoms with Gasteiger partial charge in [0.25, 0.3) is 0 Å². The van der Waals surface area contributed by atoms with Crippen LogP contribution >= 0.6 is 24.0 Å². The third kappa shape index (κ3) is 3.75. The van der Waals surface area contributed by atoms with E-state index in [0.717, 1.165) is 36.0 Å². The van der Waals surface area contributed by atoms with Crippen LogP contribution in [0.2, 0.25) is 5.02 Å². The zero-order valence-electron chi connectivity index (χ0n) is 10.8. The second kappa shape index (κ2) is 7.19. The molecule has 1 atom stereocenters. The maximum Gasteiger partial charge on any atom is 0.123 e. The van der Waals surface area contributed by atoms with Crippen molar-refractivity contribution in [3.05, 3.63) is 28.8 Å². The van der Waals surface area contributed by atoms with Crippen LogP contribution in [0.4, 0.5) is 0 Å². The molecule has 18 heavy (non-hydrogen) atoms. The number of hydrogen-bond donors (Lipinski definition) is 1. The first kappa shape index (κ1) is 15.6. The SMILES string of the molecule is CNC1CCN(Cc2cc(Cl)ccc2OC)C1.Cl. The molecule has 5 heteroatoms. The van der Waals surface area contributed by atoms with Crippen molar-refractivity contribution >= 4 is 24.0 Å². The van der Waals surface area contributed by atoms with Crippen molar-refractivity contribution in [3.63, 3.8) is 0 Å². The number of hydrogen-bond acceptors (Lipinski definition) is 3. The molecular weight excluding hydrogens is 271 g/mol. The highest BCUT2D eigenvalue weighted by molar-refractivity contribution is 6.30. The Bertz CT molecular complexity index is 387. The van der Waals surface area contributed by atoms with Crippen molar-refractivity contribution < 1.29 is 4.74 Å². The number of nitrogens with zero attached hydrogens (tertiary/aromatic N) is 1. The zero-order chi connectivity index (χ0) is 12.3. The molecule has 0 bridgehead atoms.